The summed E-state index contributed by atoms with van der Waals surface area (Å²) < 4.78 is 7.34. The Hall–Kier alpha value is -1.89. The van der Waals surface area contributed by atoms with Crippen molar-refractivity contribution in [3.8, 4) is 0 Å². The van der Waals surface area contributed by atoms with E-state index in [4.69, 9.17) is 1.37 Å². The maximum Gasteiger partial charge on any atom is 0.0629 e. The first-order valence-electron chi connectivity index (χ1n) is 7.00. The Morgan fingerprint density at radius 1 is 0.833 bits per heavy atom. The van der Waals surface area contributed by atoms with Crippen molar-refractivity contribution in [2.75, 3.05) is 0 Å². The topological polar surface area (TPSA) is 12.4 Å². The molecule has 0 bridgehead atoms. The van der Waals surface area contributed by atoms with E-state index in [1.54, 1.807) is 18.3 Å². The van der Waals surface area contributed by atoms with E-state index >= 15 is 0 Å². The van der Waals surface area contributed by atoms with E-state index in [9.17, 15) is 0 Å². The monoisotopic (exact) mass is 242 g/mol. The van der Waals surface area contributed by atoms with Gasteiger partial charge in [-0.15, -0.1) is 0 Å². The van der Waals surface area contributed by atoms with Crippen LogP contribution in [0.15, 0.2) is 65.6 Å². The highest BCUT2D eigenvalue weighted by Gasteiger charge is 1.85. The molecule has 0 aliphatic heterocycles. The van der Waals surface area contributed by atoms with Gasteiger partial charge in [0.05, 0.1) is 7.06 Å². The maximum atomic E-state index is 7.34. The van der Waals surface area contributed by atoms with Gasteiger partial charge in [0.1, 0.15) is 0 Å². The van der Waals surface area contributed by atoms with E-state index in [1.807, 2.05) is 70.2 Å². The van der Waals surface area contributed by atoms with Crippen LogP contribution in [0.3, 0.4) is 0 Å². The molecule has 0 radical (unpaired) electrons. The van der Waals surface area contributed by atoms with Crippen molar-refractivity contribution in [1.82, 2.24) is 0 Å². The van der Waals surface area contributed by atoms with Gasteiger partial charge in [-0.1, -0.05) is 76.2 Å². The number of hydrogen-bond acceptors (Lipinski definition) is 1. The second-order valence-electron chi connectivity index (χ2n) is 2.93. The largest absolute Gasteiger partial charge is 0.256 e. The zero-order valence-corrected chi connectivity index (χ0v) is 11.7. The zero-order chi connectivity index (χ0) is 14.5. The molecular weight excluding hydrogens is 218 g/mol. The fourth-order valence-corrected chi connectivity index (χ4v) is 1.15. The summed E-state index contributed by atoms with van der Waals surface area (Å²) in [6.45, 7) is 8.00. The van der Waals surface area contributed by atoms with Crippen LogP contribution >= 0.6 is 0 Å². The lowest BCUT2D eigenvalue weighted by Gasteiger charge is -1.92. The van der Waals surface area contributed by atoms with Crippen LogP contribution in [0.2, 0.25) is 0 Å². The first-order valence-corrected chi connectivity index (χ1v) is 6.50. The van der Waals surface area contributed by atoms with Gasteiger partial charge in [0, 0.05) is 6.21 Å². The molecule has 0 aliphatic rings. The zero-order valence-electron chi connectivity index (χ0n) is 12.7. The van der Waals surface area contributed by atoms with Crippen LogP contribution in [-0.4, -0.2) is 6.21 Å². The Morgan fingerprint density at radius 3 is 1.94 bits per heavy atom. The summed E-state index contributed by atoms with van der Waals surface area (Å²) in [6, 6.07) is 17.6. The van der Waals surface area contributed by atoms with E-state index < -0.39 is 0 Å². The van der Waals surface area contributed by atoms with Gasteiger partial charge in [-0.25, -0.2) is 0 Å². The highest BCUT2D eigenvalue weighted by Crippen LogP contribution is 2.09. The Labute approximate surface area is 113 Å². The van der Waals surface area contributed by atoms with Gasteiger partial charge in [0.25, 0.3) is 0 Å². The summed E-state index contributed by atoms with van der Waals surface area (Å²) in [5, 5.41) is 0. The molecule has 0 amide bonds. The molecule has 0 atom stereocenters. The summed E-state index contributed by atoms with van der Waals surface area (Å²) >= 11 is 0. The van der Waals surface area contributed by atoms with Crippen LogP contribution in [0.1, 0.15) is 34.6 Å². The quantitative estimate of drug-likeness (QED) is 0.617. The Balaban J connectivity index is 0.000000741. The summed E-state index contributed by atoms with van der Waals surface area (Å²) in [7, 11) is 0. The van der Waals surface area contributed by atoms with Gasteiger partial charge < -0.3 is 0 Å². The van der Waals surface area contributed by atoms with E-state index in [0.717, 1.165) is 11.3 Å². The van der Waals surface area contributed by atoms with Gasteiger partial charge in [0.15, 0.2) is 0 Å². The number of rotatable bonds is 2. The molecule has 0 aliphatic carbocycles. The first-order chi connectivity index (χ1) is 9.34. The third kappa shape index (κ3) is 6.64. The van der Waals surface area contributed by atoms with Crippen LogP contribution in [0.4, 0.5) is 5.69 Å². The fourth-order valence-electron chi connectivity index (χ4n) is 1.15. The van der Waals surface area contributed by atoms with Crippen molar-refractivity contribution in [3.63, 3.8) is 0 Å². The molecule has 96 valence electrons. The number of nitrogens with zero attached hydrogens (tertiary/aromatic N) is 1. The van der Waals surface area contributed by atoms with E-state index in [1.165, 1.54) is 0 Å². The second-order valence-corrected chi connectivity index (χ2v) is 2.93. The number of para-hydroxylation sites is 1. The van der Waals surface area contributed by atoms with Crippen LogP contribution in [0, 0.1) is 0 Å². The molecule has 1 heteroatoms. The van der Waals surface area contributed by atoms with Gasteiger partial charge >= 0.3 is 0 Å². The number of aliphatic imine (C=N–C) groups is 1. The van der Waals surface area contributed by atoms with Crippen LogP contribution in [0.5, 0.6) is 0 Å². The summed E-state index contributed by atoms with van der Waals surface area (Å²) in [5.74, 6) is 0. The van der Waals surface area contributed by atoms with Crippen molar-refractivity contribution in [3.05, 3.63) is 66.2 Å². The van der Waals surface area contributed by atoms with E-state index in [-0.39, 0.29) is 0 Å². The molecule has 0 heterocycles. The molecular formula is C17H23N. The normalized spacial score (nSPS) is 9.67. The molecule has 0 saturated heterocycles. The van der Waals surface area contributed by atoms with Crippen molar-refractivity contribution in [2.24, 2.45) is 4.99 Å². The minimum Gasteiger partial charge on any atom is -0.256 e. The summed E-state index contributed by atoms with van der Waals surface area (Å²) in [5.41, 5.74) is 1.95. The molecule has 2 aromatic carbocycles. The predicted octanol–water partition coefficient (Wildman–Crippen LogP) is 5.49. The van der Waals surface area contributed by atoms with Gasteiger partial charge in [-0.05, 0) is 17.7 Å². The summed E-state index contributed by atoms with van der Waals surface area (Å²) in [6.07, 6.45) is 1.80. The predicted molar refractivity (Wildman–Crippen MR) is 82.8 cm³/mol. The lowest BCUT2D eigenvalue weighted by atomic mass is 10.2. The number of hydrogen-bond donors (Lipinski definition) is 0. The van der Waals surface area contributed by atoms with Crippen molar-refractivity contribution in [2.45, 2.75) is 27.7 Å². The Morgan fingerprint density at radius 2 is 1.39 bits per heavy atom. The maximum absolute atomic E-state index is 7.34. The molecule has 0 saturated carbocycles. The molecule has 18 heavy (non-hydrogen) atoms. The van der Waals surface area contributed by atoms with Crippen LogP contribution < -0.4 is 0 Å². The van der Waals surface area contributed by atoms with Crippen molar-refractivity contribution < 1.29 is 1.37 Å². The first kappa shape index (κ1) is 14.2. The van der Waals surface area contributed by atoms with Crippen LogP contribution in [0.25, 0.3) is 0 Å². The molecule has 0 N–H and O–H groups in total. The van der Waals surface area contributed by atoms with Crippen molar-refractivity contribution >= 4 is 11.9 Å². The Kier molecular flexibility index (Phi) is 9.13. The van der Waals surface area contributed by atoms with E-state index in [2.05, 4.69) is 4.99 Å². The fraction of sp³-hybridized carbons (Fsp3) is 0.235. The average Bonchev–Trinajstić information content (AvgIpc) is 2.52. The molecule has 2 aromatic rings. The third-order valence-electron chi connectivity index (χ3n) is 1.86. The SMILES string of the molecule is CC.CC.[2H]c1ccc(C=Nc2ccccc2)cc1. The third-order valence-corrected chi connectivity index (χ3v) is 1.86. The molecule has 2 rings (SSSR count). The molecule has 0 spiro atoms. The molecule has 0 fully saturated rings. The van der Waals surface area contributed by atoms with Gasteiger partial charge in [-0.2, -0.15) is 0 Å². The van der Waals surface area contributed by atoms with Gasteiger partial charge in [0.2, 0.25) is 0 Å². The highest BCUT2D eigenvalue weighted by molar-refractivity contribution is 5.81. The lowest BCUT2D eigenvalue weighted by Crippen LogP contribution is -1.77. The Bertz CT molecular complexity index is 446. The second kappa shape index (κ2) is 11.6. The van der Waals surface area contributed by atoms with E-state index in [0.29, 0.717) is 6.04 Å². The minimum absolute atomic E-state index is 0.520. The number of benzene rings is 2. The van der Waals surface area contributed by atoms with Gasteiger partial charge in [-0.3, -0.25) is 4.99 Å². The lowest BCUT2D eigenvalue weighted by molar-refractivity contribution is 1.50. The highest BCUT2D eigenvalue weighted by atomic mass is 14.7. The standard InChI is InChI=1S/C13H11N.2C2H6/c1-3-7-12(8-4-1)11-14-13-9-5-2-6-10-13;2*1-2/h1-11H;2*1-2H3/i1D;;. The molecule has 0 unspecified atom stereocenters. The average molecular weight is 242 g/mol. The molecule has 0 aromatic heterocycles. The smallest absolute Gasteiger partial charge is 0.0629 e. The van der Waals surface area contributed by atoms with Crippen LogP contribution in [-0.2, 0) is 0 Å². The van der Waals surface area contributed by atoms with Crippen molar-refractivity contribution in [1.29, 1.82) is 0 Å². The summed E-state index contributed by atoms with van der Waals surface area (Å²) in [4.78, 5) is 4.32. The molecule has 1 nitrogen and oxygen atoms in total. The minimum atomic E-state index is 0.520.